The average molecular weight is 310 g/mol. The van der Waals surface area contributed by atoms with Gasteiger partial charge in [0.2, 0.25) is 11.6 Å². The minimum Gasteiger partial charge on any atom is -0.504 e. The Labute approximate surface area is 131 Å². The van der Waals surface area contributed by atoms with Crippen molar-refractivity contribution in [3.05, 3.63) is 71.7 Å². The second-order valence-corrected chi connectivity index (χ2v) is 4.90. The van der Waals surface area contributed by atoms with E-state index in [1.807, 2.05) is 24.3 Å². The van der Waals surface area contributed by atoms with Crippen LogP contribution in [0.5, 0.6) is 0 Å². The summed E-state index contributed by atoms with van der Waals surface area (Å²) < 4.78 is 5.51. The van der Waals surface area contributed by atoms with Crippen molar-refractivity contribution in [1.82, 2.24) is 15.2 Å². The fourth-order valence-electron chi connectivity index (χ4n) is 2.03. The Morgan fingerprint density at radius 3 is 2.74 bits per heavy atom. The fourth-order valence-corrected chi connectivity index (χ4v) is 2.03. The standard InChI is InChI=1S/C16H14N4O3/c17-11-3-1-10(2-4-11)7-12-5-6-15(23-12)13(21)8-14(22)16-18-9-19-20-16/h1-6,8-9,22H,7,17H2,(H,18,19,20). The molecule has 7 heteroatoms. The number of carbonyl (C=O) groups excluding carboxylic acids is 1. The van der Waals surface area contributed by atoms with Crippen molar-refractivity contribution in [2.45, 2.75) is 6.42 Å². The first kappa shape index (κ1) is 14.6. The van der Waals surface area contributed by atoms with Crippen LogP contribution in [-0.4, -0.2) is 26.1 Å². The number of aromatic amines is 1. The number of aliphatic hydroxyl groups is 1. The third-order valence-electron chi connectivity index (χ3n) is 3.17. The lowest BCUT2D eigenvalue weighted by Gasteiger charge is -1.99. The van der Waals surface area contributed by atoms with Crippen molar-refractivity contribution in [1.29, 1.82) is 0 Å². The number of nitrogens with zero attached hydrogens (tertiary/aromatic N) is 2. The van der Waals surface area contributed by atoms with Crippen LogP contribution in [0.25, 0.3) is 5.76 Å². The summed E-state index contributed by atoms with van der Waals surface area (Å²) in [5.41, 5.74) is 7.35. The number of H-pyrrole nitrogens is 1. The quantitative estimate of drug-likeness (QED) is 0.288. The van der Waals surface area contributed by atoms with Gasteiger partial charge in [0.1, 0.15) is 12.1 Å². The normalized spacial score (nSPS) is 11.6. The molecule has 0 saturated heterocycles. The molecule has 0 spiro atoms. The van der Waals surface area contributed by atoms with Gasteiger partial charge in [-0.05, 0) is 29.8 Å². The summed E-state index contributed by atoms with van der Waals surface area (Å²) in [5, 5.41) is 15.9. The lowest BCUT2D eigenvalue weighted by atomic mass is 10.1. The molecule has 0 saturated carbocycles. The van der Waals surface area contributed by atoms with E-state index >= 15 is 0 Å². The van der Waals surface area contributed by atoms with Crippen LogP contribution < -0.4 is 5.73 Å². The lowest BCUT2D eigenvalue weighted by Crippen LogP contribution is -1.96. The number of aromatic nitrogens is 3. The molecule has 0 aliphatic carbocycles. The number of nitrogens with two attached hydrogens (primary N) is 1. The molecule has 0 aliphatic rings. The van der Waals surface area contributed by atoms with Gasteiger partial charge in [-0.25, -0.2) is 4.98 Å². The van der Waals surface area contributed by atoms with Crippen LogP contribution in [0.2, 0.25) is 0 Å². The Bertz CT molecular complexity index is 833. The number of hydrogen-bond donors (Lipinski definition) is 3. The van der Waals surface area contributed by atoms with Gasteiger partial charge in [-0.15, -0.1) is 0 Å². The molecule has 4 N–H and O–H groups in total. The van der Waals surface area contributed by atoms with Crippen molar-refractivity contribution < 1.29 is 14.3 Å². The number of furan rings is 1. The van der Waals surface area contributed by atoms with Gasteiger partial charge in [0, 0.05) is 18.2 Å². The zero-order valence-electron chi connectivity index (χ0n) is 12.1. The second kappa shape index (κ2) is 6.18. The van der Waals surface area contributed by atoms with E-state index in [0.717, 1.165) is 11.6 Å². The molecule has 0 unspecified atom stereocenters. The van der Waals surface area contributed by atoms with Crippen molar-refractivity contribution in [2.24, 2.45) is 0 Å². The molecule has 0 radical (unpaired) electrons. The molecule has 1 aromatic carbocycles. The molecule has 0 aliphatic heterocycles. The van der Waals surface area contributed by atoms with Crippen LogP contribution in [0.3, 0.4) is 0 Å². The SMILES string of the molecule is Nc1ccc(Cc2ccc(C(=O)C=C(O)c3nc[nH]n3)o2)cc1. The summed E-state index contributed by atoms with van der Waals surface area (Å²) >= 11 is 0. The molecule has 0 bridgehead atoms. The molecule has 0 fully saturated rings. The van der Waals surface area contributed by atoms with Crippen LogP contribution in [0.1, 0.15) is 27.7 Å². The Hall–Kier alpha value is -3.35. The smallest absolute Gasteiger partial charge is 0.224 e. The third kappa shape index (κ3) is 3.46. The zero-order valence-corrected chi connectivity index (χ0v) is 12.1. The molecule has 3 rings (SSSR count). The summed E-state index contributed by atoms with van der Waals surface area (Å²) in [6.45, 7) is 0. The number of nitrogen functional groups attached to an aromatic ring is 1. The number of rotatable bonds is 5. The Morgan fingerprint density at radius 2 is 2.04 bits per heavy atom. The summed E-state index contributed by atoms with van der Waals surface area (Å²) in [5.74, 6) is 0.0389. The monoisotopic (exact) mass is 310 g/mol. The van der Waals surface area contributed by atoms with E-state index in [2.05, 4.69) is 15.2 Å². The van der Waals surface area contributed by atoms with E-state index in [1.165, 1.54) is 6.33 Å². The van der Waals surface area contributed by atoms with Gasteiger partial charge in [0.25, 0.3) is 0 Å². The van der Waals surface area contributed by atoms with Crippen molar-refractivity contribution in [3.63, 3.8) is 0 Å². The summed E-state index contributed by atoms with van der Waals surface area (Å²) in [6.07, 6.45) is 2.88. The number of benzene rings is 1. The van der Waals surface area contributed by atoms with Gasteiger partial charge in [0.05, 0.1) is 0 Å². The topological polar surface area (TPSA) is 118 Å². The van der Waals surface area contributed by atoms with E-state index in [4.69, 9.17) is 10.2 Å². The number of anilines is 1. The second-order valence-electron chi connectivity index (χ2n) is 4.90. The van der Waals surface area contributed by atoms with Gasteiger partial charge in [-0.3, -0.25) is 9.89 Å². The average Bonchev–Trinajstić information content (AvgIpc) is 3.21. The fraction of sp³-hybridized carbons (Fsp3) is 0.0625. The van der Waals surface area contributed by atoms with E-state index in [-0.39, 0.29) is 17.3 Å². The summed E-state index contributed by atoms with van der Waals surface area (Å²) in [4.78, 5) is 15.8. The first-order valence-electron chi connectivity index (χ1n) is 6.86. The van der Waals surface area contributed by atoms with Crippen molar-refractivity contribution >= 4 is 17.2 Å². The molecule has 7 nitrogen and oxygen atoms in total. The molecule has 2 heterocycles. The highest BCUT2D eigenvalue weighted by atomic mass is 16.3. The lowest BCUT2D eigenvalue weighted by molar-refractivity contribution is 0.101. The molecule has 0 amide bonds. The van der Waals surface area contributed by atoms with E-state index in [0.29, 0.717) is 17.9 Å². The first-order valence-corrected chi connectivity index (χ1v) is 6.86. The molecule has 23 heavy (non-hydrogen) atoms. The van der Waals surface area contributed by atoms with Gasteiger partial charge in [-0.2, -0.15) is 5.10 Å². The summed E-state index contributed by atoms with van der Waals surface area (Å²) in [6, 6.07) is 10.7. The third-order valence-corrected chi connectivity index (χ3v) is 3.17. The maximum Gasteiger partial charge on any atom is 0.224 e. The first-order chi connectivity index (χ1) is 11.1. The van der Waals surface area contributed by atoms with Crippen LogP contribution in [0.15, 0.2) is 53.2 Å². The Morgan fingerprint density at radius 1 is 1.26 bits per heavy atom. The Kier molecular flexibility index (Phi) is 3.92. The molecule has 2 aromatic heterocycles. The maximum absolute atomic E-state index is 12.0. The summed E-state index contributed by atoms with van der Waals surface area (Å²) in [7, 11) is 0. The maximum atomic E-state index is 12.0. The predicted octanol–water partition coefficient (Wildman–Crippen LogP) is 2.35. The number of aliphatic hydroxyl groups excluding tert-OH is 1. The van der Waals surface area contributed by atoms with E-state index in [9.17, 15) is 9.90 Å². The number of nitrogens with one attached hydrogen (secondary N) is 1. The predicted molar refractivity (Wildman–Crippen MR) is 83.7 cm³/mol. The van der Waals surface area contributed by atoms with E-state index < -0.39 is 5.78 Å². The molecule has 3 aromatic rings. The minimum atomic E-state index is -0.462. The molecule has 116 valence electrons. The van der Waals surface area contributed by atoms with E-state index in [1.54, 1.807) is 12.1 Å². The minimum absolute atomic E-state index is 0.0482. The highest BCUT2D eigenvalue weighted by Gasteiger charge is 2.12. The molecular weight excluding hydrogens is 296 g/mol. The van der Waals surface area contributed by atoms with Gasteiger partial charge >= 0.3 is 0 Å². The number of carbonyl (C=O) groups is 1. The molecule has 0 atom stereocenters. The van der Waals surface area contributed by atoms with Gasteiger partial charge in [-0.1, -0.05) is 12.1 Å². The highest BCUT2D eigenvalue weighted by Crippen LogP contribution is 2.16. The van der Waals surface area contributed by atoms with Crippen molar-refractivity contribution in [2.75, 3.05) is 5.73 Å². The number of allylic oxidation sites excluding steroid dienone is 1. The molecular formula is C16H14N4O3. The van der Waals surface area contributed by atoms with Gasteiger partial charge < -0.3 is 15.3 Å². The van der Waals surface area contributed by atoms with Gasteiger partial charge in [0.15, 0.2) is 11.5 Å². The van der Waals surface area contributed by atoms with Crippen LogP contribution in [0, 0.1) is 0 Å². The highest BCUT2D eigenvalue weighted by molar-refractivity contribution is 6.05. The Balaban J connectivity index is 1.72. The zero-order chi connectivity index (χ0) is 16.2. The largest absolute Gasteiger partial charge is 0.504 e. The van der Waals surface area contributed by atoms with Crippen LogP contribution in [-0.2, 0) is 6.42 Å². The van der Waals surface area contributed by atoms with Crippen LogP contribution >= 0.6 is 0 Å². The number of hydrogen-bond acceptors (Lipinski definition) is 6. The van der Waals surface area contributed by atoms with Crippen molar-refractivity contribution in [3.8, 4) is 0 Å². The number of ketones is 1. The van der Waals surface area contributed by atoms with Crippen LogP contribution in [0.4, 0.5) is 5.69 Å².